The second kappa shape index (κ2) is 13.1. The number of hydrogen-bond donors (Lipinski definition) is 2. The first-order chi connectivity index (χ1) is 15.2. The maximum atomic E-state index is 12.3. The van der Waals surface area contributed by atoms with Crippen molar-refractivity contribution in [3.63, 3.8) is 0 Å². The molecule has 5 nitrogen and oxygen atoms in total. The van der Waals surface area contributed by atoms with Gasteiger partial charge in [0.25, 0.3) is 0 Å². The summed E-state index contributed by atoms with van der Waals surface area (Å²) in [6, 6.07) is 19.4. The molecule has 1 heterocycles. The first-order valence-electron chi connectivity index (χ1n) is 11.7. The van der Waals surface area contributed by atoms with Gasteiger partial charge in [-0.15, -0.1) is 0 Å². The summed E-state index contributed by atoms with van der Waals surface area (Å²) in [5, 5.41) is 6.76. The molecule has 31 heavy (non-hydrogen) atoms. The zero-order chi connectivity index (χ0) is 21.7. The summed E-state index contributed by atoms with van der Waals surface area (Å²) in [5.41, 5.74) is 3.75. The first-order valence-corrected chi connectivity index (χ1v) is 11.7. The number of nitrogens with one attached hydrogen (secondary N) is 2. The molecule has 0 aromatic heterocycles. The van der Waals surface area contributed by atoms with Crippen molar-refractivity contribution in [2.45, 2.75) is 45.1 Å². The summed E-state index contributed by atoms with van der Waals surface area (Å²) in [6.45, 7) is 6.42. The van der Waals surface area contributed by atoms with Crippen LogP contribution in [0.1, 0.15) is 49.8 Å². The second-order valence-electron chi connectivity index (χ2n) is 8.29. The first kappa shape index (κ1) is 23.3. The fourth-order valence-corrected chi connectivity index (χ4v) is 3.93. The Hall–Kier alpha value is -2.37. The zero-order valence-electron chi connectivity index (χ0n) is 18.8. The molecule has 0 saturated carbocycles. The summed E-state index contributed by atoms with van der Waals surface area (Å²) in [7, 11) is 0. The van der Waals surface area contributed by atoms with Gasteiger partial charge in [-0.2, -0.15) is 0 Å². The third-order valence-electron chi connectivity index (χ3n) is 5.79. The number of aryl methyl sites for hydroxylation is 1. The molecule has 5 heteroatoms. The van der Waals surface area contributed by atoms with Gasteiger partial charge in [-0.25, -0.2) is 0 Å². The van der Waals surface area contributed by atoms with Gasteiger partial charge in [0.2, 0.25) is 5.91 Å². The van der Waals surface area contributed by atoms with Gasteiger partial charge in [0.05, 0.1) is 25.8 Å². The van der Waals surface area contributed by atoms with Crippen LogP contribution in [0, 0.1) is 0 Å². The van der Waals surface area contributed by atoms with Crippen LogP contribution < -0.4 is 10.6 Å². The molecule has 0 spiro atoms. The van der Waals surface area contributed by atoms with E-state index < -0.39 is 0 Å². The number of carbonyl (C=O) groups is 1. The van der Waals surface area contributed by atoms with Crippen molar-refractivity contribution in [3.8, 4) is 0 Å². The van der Waals surface area contributed by atoms with Crippen LogP contribution in [-0.2, 0) is 16.0 Å². The van der Waals surface area contributed by atoms with Crippen molar-refractivity contribution in [1.29, 1.82) is 0 Å². The minimum atomic E-state index is 0.0881. The average Bonchev–Trinajstić information content (AvgIpc) is 2.81. The SMILES string of the molecule is CCCCCc1ccc(NC(CCNC(=O)CN2CCOCC2)c2ccccc2)cc1. The van der Waals surface area contributed by atoms with Crippen LogP contribution in [0.5, 0.6) is 0 Å². The van der Waals surface area contributed by atoms with Gasteiger partial charge < -0.3 is 15.4 Å². The Morgan fingerprint density at radius 3 is 2.48 bits per heavy atom. The third-order valence-corrected chi connectivity index (χ3v) is 5.79. The Morgan fingerprint density at radius 1 is 1.03 bits per heavy atom. The van der Waals surface area contributed by atoms with Crippen LogP contribution in [0.25, 0.3) is 0 Å². The van der Waals surface area contributed by atoms with Gasteiger partial charge in [-0.3, -0.25) is 9.69 Å². The van der Waals surface area contributed by atoms with Crippen molar-refractivity contribution in [2.75, 3.05) is 44.7 Å². The summed E-state index contributed by atoms with van der Waals surface area (Å²) in [4.78, 5) is 14.5. The lowest BCUT2D eigenvalue weighted by molar-refractivity contribution is -0.123. The van der Waals surface area contributed by atoms with E-state index in [2.05, 4.69) is 71.0 Å². The molecule has 0 aliphatic carbocycles. The van der Waals surface area contributed by atoms with Gasteiger partial charge in [0.1, 0.15) is 0 Å². The number of benzene rings is 2. The van der Waals surface area contributed by atoms with Gasteiger partial charge in [-0.05, 0) is 42.5 Å². The highest BCUT2D eigenvalue weighted by molar-refractivity contribution is 5.78. The Morgan fingerprint density at radius 2 is 1.77 bits per heavy atom. The van der Waals surface area contributed by atoms with E-state index in [-0.39, 0.29) is 11.9 Å². The number of amides is 1. The molecule has 1 aliphatic heterocycles. The largest absolute Gasteiger partial charge is 0.379 e. The van der Waals surface area contributed by atoms with E-state index >= 15 is 0 Å². The lowest BCUT2D eigenvalue weighted by Gasteiger charge is -2.26. The Kier molecular flexibility index (Phi) is 9.87. The smallest absolute Gasteiger partial charge is 0.234 e. The van der Waals surface area contributed by atoms with Crippen LogP contribution in [0.4, 0.5) is 5.69 Å². The monoisotopic (exact) mass is 423 g/mol. The van der Waals surface area contributed by atoms with Crippen LogP contribution in [0.3, 0.4) is 0 Å². The molecule has 168 valence electrons. The standard InChI is InChI=1S/C26H37N3O2/c1-2-3-5-8-22-11-13-24(14-12-22)28-25(23-9-6-4-7-10-23)15-16-27-26(30)21-29-17-19-31-20-18-29/h4,6-7,9-14,25,28H,2-3,5,8,15-21H2,1H3,(H,27,30). The van der Waals surface area contributed by atoms with E-state index in [1.54, 1.807) is 0 Å². The molecular weight excluding hydrogens is 386 g/mol. The summed E-state index contributed by atoms with van der Waals surface area (Å²) in [5.74, 6) is 0.0881. The molecule has 3 rings (SSSR count). The summed E-state index contributed by atoms with van der Waals surface area (Å²) < 4.78 is 5.35. The van der Waals surface area contributed by atoms with Crippen molar-refractivity contribution < 1.29 is 9.53 Å². The van der Waals surface area contributed by atoms with Gasteiger partial charge >= 0.3 is 0 Å². The molecule has 1 atom stereocenters. The van der Waals surface area contributed by atoms with Crippen molar-refractivity contribution in [2.24, 2.45) is 0 Å². The fourth-order valence-electron chi connectivity index (χ4n) is 3.93. The van der Waals surface area contributed by atoms with Gasteiger partial charge in [-0.1, -0.05) is 62.2 Å². The number of carbonyl (C=O) groups excluding carboxylic acids is 1. The minimum Gasteiger partial charge on any atom is -0.379 e. The van der Waals surface area contributed by atoms with Crippen LogP contribution in [-0.4, -0.2) is 50.2 Å². The number of unbranched alkanes of at least 4 members (excludes halogenated alkanes) is 2. The maximum absolute atomic E-state index is 12.3. The molecule has 0 bridgehead atoms. The van der Waals surface area contributed by atoms with E-state index in [9.17, 15) is 4.79 Å². The molecule has 1 saturated heterocycles. The van der Waals surface area contributed by atoms with Gasteiger partial charge in [0, 0.05) is 25.3 Å². The van der Waals surface area contributed by atoms with Gasteiger partial charge in [0.15, 0.2) is 0 Å². The van der Waals surface area contributed by atoms with Crippen LogP contribution in [0.15, 0.2) is 54.6 Å². The lowest BCUT2D eigenvalue weighted by Crippen LogP contribution is -2.43. The molecule has 1 amide bonds. The quantitative estimate of drug-likeness (QED) is 0.497. The summed E-state index contributed by atoms with van der Waals surface area (Å²) in [6.07, 6.45) is 5.76. The number of nitrogens with zero attached hydrogens (tertiary/aromatic N) is 1. The normalized spacial score (nSPS) is 15.4. The topological polar surface area (TPSA) is 53.6 Å². The molecule has 1 fully saturated rings. The Balaban J connectivity index is 1.52. The lowest BCUT2D eigenvalue weighted by atomic mass is 10.0. The number of rotatable bonds is 12. The average molecular weight is 424 g/mol. The summed E-state index contributed by atoms with van der Waals surface area (Å²) >= 11 is 0. The van der Waals surface area contributed by atoms with E-state index in [4.69, 9.17) is 4.74 Å². The minimum absolute atomic E-state index is 0.0881. The number of anilines is 1. The van der Waals surface area contributed by atoms with E-state index in [1.165, 1.54) is 30.4 Å². The number of hydrogen-bond acceptors (Lipinski definition) is 4. The predicted octanol–water partition coefficient (Wildman–Crippen LogP) is 4.41. The second-order valence-corrected chi connectivity index (χ2v) is 8.29. The highest BCUT2D eigenvalue weighted by Crippen LogP contribution is 2.23. The Labute approximate surface area is 187 Å². The van der Waals surface area contributed by atoms with E-state index in [0.717, 1.165) is 31.6 Å². The predicted molar refractivity (Wildman–Crippen MR) is 127 cm³/mol. The number of morpholine rings is 1. The maximum Gasteiger partial charge on any atom is 0.234 e. The molecule has 0 radical (unpaired) electrons. The highest BCUT2D eigenvalue weighted by Gasteiger charge is 2.15. The van der Waals surface area contributed by atoms with Crippen molar-refractivity contribution in [1.82, 2.24) is 10.2 Å². The highest BCUT2D eigenvalue weighted by atomic mass is 16.5. The van der Waals surface area contributed by atoms with Crippen molar-refractivity contribution in [3.05, 3.63) is 65.7 Å². The molecule has 2 aromatic carbocycles. The molecular formula is C26H37N3O2. The molecule has 2 N–H and O–H groups in total. The van der Waals surface area contributed by atoms with Crippen LogP contribution in [0.2, 0.25) is 0 Å². The molecule has 1 unspecified atom stereocenters. The van der Waals surface area contributed by atoms with Crippen molar-refractivity contribution >= 4 is 11.6 Å². The number of ether oxygens (including phenoxy) is 1. The fraction of sp³-hybridized carbons (Fsp3) is 0.500. The van der Waals surface area contributed by atoms with E-state index in [1.807, 2.05) is 6.07 Å². The molecule has 1 aliphatic rings. The third kappa shape index (κ3) is 8.35. The molecule has 2 aromatic rings. The van der Waals surface area contributed by atoms with Crippen LogP contribution >= 0.6 is 0 Å². The Bertz CT molecular complexity index is 758. The van der Waals surface area contributed by atoms with E-state index in [0.29, 0.717) is 26.3 Å². The zero-order valence-corrected chi connectivity index (χ0v) is 18.8.